The third-order valence-electron chi connectivity index (χ3n) is 6.30. The van der Waals surface area contributed by atoms with Crippen LogP contribution in [0.5, 0.6) is 5.75 Å². The number of hydrogen-bond donors (Lipinski definition) is 0. The van der Waals surface area contributed by atoms with Crippen molar-refractivity contribution < 1.29 is 4.74 Å². The largest absolute Gasteiger partial charge is 0.494 e. The van der Waals surface area contributed by atoms with Crippen LogP contribution in [0.25, 0.3) is 11.4 Å². The molecule has 3 nitrogen and oxygen atoms in total. The maximum Gasteiger partial charge on any atom is 0.159 e. The molecule has 0 amide bonds. The van der Waals surface area contributed by atoms with Crippen molar-refractivity contribution in [1.29, 1.82) is 0 Å². The van der Waals surface area contributed by atoms with Crippen LogP contribution in [0.1, 0.15) is 95.7 Å². The molecule has 1 aliphatic carbocycles. The summed E-state index contributed by atoms with van der Waals surface area (Å²) >= 11 is 0. The lowest BCUT2D eigenvalue weighted by Gasteiger charge is -2.24. The summed E-state index contributed by atoms with van der Waals surface area (Å²) in [5.41, 5.74) is 3.71. The van der Waals surface area contributed by atoms with E-state index in [2.05, 4.69) is 37.2 Å². The van der Waals surface area contributed by atoms with Gasteiger partial charge in [-0.3, -0.25) is 0 Å². The predicted molar refractivity (Wildman–Crippen MR) is 126 cm³/mol. The van der Waals surface area contributed by atoms with Crippen LogP contribution in [-0.4, -0.2) is 16.6 Å². The first kappa shape index (κ1) is 22.8. The van der Waals surface area contributed by atoms with E-state index >= 15 is 0 Å². The van der Waals surface area contributed by atoms with Gasteiger partial charge in [0.25, 0.3) is 0 Å². The summed E-state index contributed by atoms with van der Waals surface area (Å²) in [6.45, 7) is 5.17. The Morgan fingerprint density at radius 3 is 2.37 bits per heavy atom. The number of benzene rings is 1. The van der Waals surface area contributed by atoms with Crippen molar-refractivity contribution in [3.05, 3.63) is 41.7 Å². The Labute approximate surface area is 183 Å². The topological polar surface area (TPSA) is 35.0 Å². The Balaban J connectivity index is 1.44. The molecule has 0 aliphatic heterocycles. The Hall–Kier alpha value is -1.90. The molecule has 1 aromatic heterocycles. The van der Waals surface area contributed by atoms with Crippen LogP contribution in [0.3, 0.4) is 0 Å². The molecule has 3 rings (SSSR count). The van der Waals surface area contributed by atoms with Gasteiger partial charge in [-0.25, -0.2) is 9.97 Å². The average Bonchev–Trinajstić information content (AvgIpc) is 2.79. The highest BCUT2D eigenvalue weighted by Crippen LogP contribution is 2.29. The summed E-state index contributed by atoms with van der Waals surface area (Å²) in [5, 5.41) is 0. The van der Waals surface area contributed by atoms with Crippen molar-refractivity contribution in [2.75, 3.05) is 6.61 Å². The van der Waals surface area contributed by atoms with Gasteiger partial charge in [0.15, 0.2) is 5.82 Å². The molecule has 0 spiro atoms. The molecule has 1 heterocycles. The van der Waals surface area contributed by atoms with Gasteiger partial charge in [-0.05, 0) is 61.4 Å². The third-order valence-corrected chi connectivity index (χ3v) is 6.30. The number of fused-ring (bicyclic) bond motifs is 1. The number of aryl methyl sites for hydroxylation is 1. The van der Waals surface area contributed by atoms with Crippen molar-refractivity contribution in [2.24, 2.45) is 5.92 Å². The van der Waals surface area contributed by atoms with Gasteiger partial charge < -0.3 is 4.74 Å². The Morgan fingerprint density at radius 1 is 0.900 bits per heavy atom. The van der Waals surface area contributed by atoms with E-state index in [1.54, 1.807) is 0 Å². The third kappa shape index (κ3) is 7.11. The monoisotopic (exact) mass is 408 g/mol. The van der Waals surface area contributed by atoms with Crippen LogP contribution in [-0.2, 0) is 12.8 Å². The molecule has 2 aromatic rings. The highest BCUT2D eigenvalue weighted by Gasteiger charge is 2.20. The summed E-state index contributed by atoms with van der Waals surface area (Å²) in [7, 11) is 0. The molecule has 0 saturated carbocycles. The molecule has 3 heteroatoms. The molecule has 0 N–H and O–H groups in total. The molecular weight excluding hydrogens is 368 g/mol. The van der Waals surface area contributed by atoms with Crippen molar-refractivity contribution in [2.45, 2.75) is 97.3 Å². The second-order valence-electron chi connectivity index (χ2n) is 8.91. The van der Waals surface area contributed by atoms with Crippen LogP contribution in [0, 0.1) is 5.92 Å². The van der Waals surface area contributed by atoms with Crippen LogP contribution in [0.2, 0.25) is 0 Å². The first-order chi connectivity index (χ1) is 14.8. The molecule has 0 bridgehead atoms. The molecular formula is C27H40N2O. The minimum absolute atomic E-state index is 0.759. The van der Waals surface area contributed by atoms with Gasteiger partial charge >= 0.3 is 0 Å². The molecule has 164 valence electrons. The number of unbranched alkanes of at least 4 members (excludes halogenated alkanes) is 7. The molecule has 1 unspecified atom stereocenters. The fourth-order valence-electron chi connectivity index (χ4n) is 4.46. The molecule has 1 aliphatic rings. The molecule has 30 heavy (non-hydrogen) atoms. The number of nitrogens with zero attached hydrogens (tertiary/aromatic N) is 2. The summed E-state index contributed by atoms with van der Waals surface area (Å²) in [6, 6.07) is 8.18. The Kier molecular flexibility index (Phi) is 9.66. The Morgan fingerprint density at radius 2 is 1.63 bits per heavy atom. The van der Waals surface area contributed by atoms with Crippen molar-refractivity contribution in [1.82, 2.24) is 9.97 Å². The summed E-state index contributed by atoms with van der Waals surface area (Å²) in [4.78, 5) is 9.58. The van der Waals surface area contributed by atoms with Gasteiger partial charge in [-0.1, -0.05) is 71.6 Å². The average molecular weight is 409 g/mol. The van der Waals surface area contributed by atoms with Gasteiger partial charge in [0.1, 0.15) is 5.75 Å². The smallest absolute Gasteiger partial charge is 0.159 e. The van der Waals surface area contributed by atoms with E-state index in [4.69, 9.17) is 9.72 Å². The first-order valence-electron chi connectivity index (χ1n) is 12.4. The zero-order chi connectivity index (χ0) is 21.0. The number of ether oxygens (including phenoxy) is 1. The zero-order valence-electron chi connectivity index (χ0n) is 19.2. The standard InChI is InChI=1S/C27H40N2O/c1-3-5-6-7-8-9-10-11-12-22-13-18-26-24(20-22)21-28-27(29-26)23-14-16-25(17-15-23)30-19-4-2/h14-17,21-22H,3-13,18-20H2,1-2H3. The van der Waals surface area contributed by atoms with E-state index in [1.807, 2.05) is 12.1 Å². The highest BCUT2D eigenvalue weighted by atomic mass is 16.5. The molecule has 0 fully saturated rings. The van der Waals surface area contributed by atoms with Crippen molar-refractivity contribution in [3.8, 4) is 17.1 Å². The first-order valence-corrected chi connectivity index (χ1v) is 12.4. The van der Waals surface area contributed by atoms with Gasteiger partial charge in [-0.2, -0.15) is 0 Å². The van der Waals surface area contributed by atoms with Crippen LogP contribution in [0.15, 0.2) is 30.5 Å². The quantitative estimate of drug-likeness (QED) is 0.321. The number of aromatic nitrogens is 2. The van der Waals surface area contributed by atoms with Gasteiger partial charge in [0.2, 0.25) is 0 Å². The lowest BCUT2D eigenvalue weighted by atomic mass is 9.84. The van der Waals surface area contributed by atoms with Gasteiger partial charge in [0, 0.05) is 17.5 Å². The number of rotatable bonds is 13. The zero-order valence-corrected chi connectivity index (χ0v) is 19.2. The summed E-state index contributed by atoms with van der Waals surface area (Å²) in [6.07, 6.45) is 19.3. The summed E-state index contributed by atoms with van der Waals surface area (Å²) < 4.78 is 5.68. The van der Waals surface area contributed by atoms with Crippen LogP contribution in [0.4, 0.5) is 0 Å². The molecule has 1 aromatic carbocycles. The fourth-order valence-corrected chi connectivity index (χ4v) is 4.46. The SMILES string of the molecule is CCCCCCCCCCC1CCc2nc(-c3ccc(OCCC)cc3)ncc2C1. The lowest BCUT2D eigenvalue weighted by Crippen LogP contribution is -2.16. The van der Waals surface area contributed by atoms with E-state index in [0.29, 0.717) is 0 Å². The molecule has 0 radical (unpaired) electrons. The predicted octanol–water partition coefficient (Wildman–Crippen LogP) is 7.57. The molecule has 1 atom stereocenters. The summed E-state index contributed by atoms with van der Waals surface area (Å²) in [5.74, 6) is 2.58. The van der Waals surface area contributed by atoms with Crippen LogP contribution < -0.4 is 4.74 Å². The lowest BCUT2D eigenvalue weighted by molar-refractivity contribution is 0.317. The second kappa shape index (κ2) is 12.7. The maximum absolute atomic E-state index is 5.68. The normalized spacial score (nSPS) is 15.7. The van der Waals surface area contributed by atoms with Crippen LogP contribution >= 0.6 is 0 Å². The van der Waals surface area contributed by atoms with E-state index in [-0.39, 0.29) is 0 Å². The minimum Gasteiger partial charge on any atom is -0.494 e. The maximum atomic E-state index is 5.68. The van der Waals surface area contributed by atoms with E-state index in [1.165, 1.54) is 75.5 Å². The van der Waals surface area contributed by atoms with Crippen molar-refractivity contribution >= 4 is 0 Å². The fraction of sp³-hybridized carbons (Fsp3) is 0.630. The van der Waals surface area contributed by atoms with E-state index < -0.39 is 0 Å². The van der Waals surface area contributed by atoms with Gasteiger partial charge in [0.05, 0.1) is 6.61 Å². The number of hydrogen-bond acceptors (Lipinski definition) is 3. The van der Waals surface area contributed by atoms with Gasteiger partial charge in [-0.15, -0.1) is 0 Å². The minimum atomic E-state index is 0.759. The second-order valence-corrected chi connectivity index (χ2v) is 8.91. The van der Waals surface area contributed by atoms with E-state index in [0.717, 1.165) is 48.9 Å². The highest BCUT2D eigenvalue weighted by molar-refractivity contribution is 5.56. The Bertz CT molecular complexity index is 741. The van der Waals surface area contributed by atoms with E-state index in [9.17, 15) is 0 Å². The molecule has 0 saturated heterocycles. The van der Waals surface area contributed by atoms with Crippen molar-refractivity contribution in [3.63, 3.8) is 0 Å².